The zero-order chi connectivity index (χ0) is 24.5. The summed E-state index contributed by atoms with van der Waals surface area (Å²) in [6, 6.07) is 21.4. The van der Waals surface area contributed by atoms with E-state index in [4.69, 9.17) is 18.9 Å². The van der Waals surface area contributed by atoms with Crippen molar-refractivity contribution in [3.63, 3.8) is 0 Å². The van der Waals surface area contributed by atoms with Gasteiger partial charge in [-0.15, -0.1) is 0 Å². The molecule has 182 valence electrons. The number of benzene rings is 3. The van der Waals surface area contributed by atoms with Gasteiger partial charge in [0.15, 0.2) is 0 Å². The van der Waals surface area contributed by atoms with Crippen LogP contribution in [0.1, 0.15) is 45.5 Å². The van der Waals surface area contributed by atoms with E-state index >= 15 is 0 Å². The van der Waals surface area contributed by atoms with Gasteiger partial charge in [-0.2, -0.15) is 0 Å². The fraction of sp³-hybridized carbons (Fsp3) is 0.286. The van der Waals surface area contributed by atoms with Crippen LogP contribution in [0.15, 0.2) is 77.3 Å². The molecule has 1 atom stereocenters. The lowest BCUT2D eigenvalue weighted by Crippen LogP contribution is -2.16. The summed E-state index contributed by atoms with van der Waals surface area (Å²) in [5.74, 6) is 0.0696. The summed E-state index contributed by atoms with van der Waals surface area (Å²) >= 11 is 3.45. The van der Waals surface area contributed by atoms with E-state index in [-0.39, 0.29) is 6.10 Å². The summed E-state index contributed by atoms with van der Waals surface area (Å²) in [4.78, 5) is 24.8. The maximum absolute atomic E-state index is 12.6. The van der Waals surface area contributed by atoms with Gasteiger partial charge < -0.3 is 18.9 Å². The SMILES string of the molecule is O=C(OCCCc1ccccc1)c1ccc(OC(=O)c2ccc(OCC3CCCO3)c(Br)c2)cc1. The van der Waals surface area contributed by atoms with Gasteiger partial charge in [-0.1, -0.05) is 30.3 Å². The van der Waals surface area contributed by atoms with Crippen molar-refractivity contribution in [3.05, 3.63) is 94.0 Å². The molecule has 0 radical (unpaired) electrons. The monoisotopic (exact) mass is 538 g/mol. The number of halogens is 1. The van der Waals surface area contributed by atoms with E-state index < -0.39 is 11.9 Å². The topological polar surface area (TPSA) is 71.1 Å². The molecule has 3 aromatic rings. The Morgan fingerprint density at radius 3 is 2.43 bits per heavy atom. The molecular formula is C28H27BrO6. The predicted octanol–water partition coefficient (Wildman–Crippen LogP) is 6.02. The Balaban J connectivity index is 1.24. The fourth-order valence-electron chi connectivity index (χ4n) is 3.70. The zero-order valence-corrected chi connectivity index (χ0v) is 20.9. The second-order valence-corrected chi connectivity index (χ2v) is 9.08. The van der Waals surface area contributed by atoms with Crippen LogP contribution in [-0.2, 0) is 15.9 Å². The molecule has 1 aliphatic rings. The van der Waals surface area contributed by atoms with Crippen LogP contribution < -0.4 is 9.47 Å². The first-order valence-electron chi connectivity index (χ1n) is 11.7. The van der Waals surface area contributed by atoms with Gasteiger partial charge >= 0.3 is 11.9 Å². The highest BCUT2D eigenvalue weighted by atomic mass is 79.9. The maximum Gasteiger partial charge on any atom is 0.343 e. The molecule has 1 saturated heterocycles. The number of rotatable bonds is 10. The summed E-state index contributed by atoms with van der Waals surface area (Å²) in [6.07, 6.45) is 3.76. The second kappa shape index (κ2) is 12.5. The van der Waals surface area contributed by atoms with Gasteiger partial charge in [-0.05, 0) is 89.6 Å². The lowest BCUT2D eigenvalue weighted by atomic mass is 10.1. The van der Waals surface area contributed by atoms with E-state index in [0.717, 1.165) is 32.3 Å². The molecule has 0 aromatic heterocycles. The van der Waals surface area contributed by atoms with Crippen LogP contribution >= 0.6 is 15.9 Å². The number of ether oxygens (including phenoxy) is 4. The Hall–Kier alpha value is -3.16. The first-order chi connectivity index (χ1) is 17.1. The van der Waals surface area contributed by atoms with E-state index in [1.54, 1.807) is 42.5 Å². The minimum atomic E-state index is -0.507. The molecule has 0 saturated carbocycles. The van der Waals surface area contributed by atoms with Gasteiger partial charge in [0.25, 0.3) is 0 Å². The third-order valence-electron chi connectivity index (χ3n) is 5.60. The average molecular weight is 539 g/mol. The normalized spacial score (nSPS) is 14.9. The van der Waals surface area contributed by atoms with Crippen molar-refractivity contribution in [2.45, 2.75) is 31.8 Å². The second-order valence-electron chi connectivity index (χ2n) is 8.23. The van der Waals surface area contributed by atoms with E-state index in [1.165, 1.54) is 5.56 Å². The van der Waals surface area contributed by atoms with Crippen LogP contribution in [0.3, 0.4) is 0 Å². The van der Waals surface area contributed by atoms with Crippen molar-refractivity contribution in [2.24, 2.45) is 0 Å². The van der Waals surface area contributed by atoms with Crippen molar-refractivity contribution in [2.75, 3.05) is 19.8 Å². The maximum atomic E-state index is 12.6. The summed E-state index contributed by atoms with van der Waals surface area (Å²) < 4.78 is 22.8. The molecule has 6 nitrogen and oxygen atoms in total. The molecular weight excluding hydrogens is 512 g/mol. The minimum Gasteiger partial charge on any atom is -0.490 e. The first kappa shape index (κ1) is 24.9. The molecule has 0 spiro atoms. The lowest BCUT2D eigenvalue weighted by molar-refractivity contribution is 0.0500. The standard InChI is InChI=1S/C28H27BrO6/c29-25-18-22(12-15-26(25)34-19-24-9-5-16-32-24)28(31)35-23-13-10-21(11-14-23)27(30)33-17-4-8-20-6-2-1-3-7-20/h1-3,6-7,10-15,18,24H,4-5,8-9,16-17,19H2. The van der Waals surface area contributed by atoms with Gasteiger partial charge in [-0.3, -0.25) is 0 Å². The molecule has 3 aromatic carbocycles. The molecule has 0 bridgehead atoms. The highest BCUT2D eigenvalue weighted by Crippen LogP contribution is 2.28. The van der Waals surface area contributed by atoms with Crippen LogP contribution in [0, 0.1) is 0 Å². The number of carbonyl (C=O) groups excluding carboxylic acids is 2. The Morgan fingerprint density at radius 2 is 1.71 bits per heavy atom. The van der Waals surface area contributed by atoms with Crippen molar-refractivity contribution < 1.29 is 28.5 Å². The Bertz CT molecular complexity index is 1120. The molecule has 1 heterocycles. The summed E-state index contributed by atoms with van der Waals surface area (Å²) in [6.45, 7) is 1.59. The summed E-state index contributed by atoms with van der Waals surface area (Å²) in [5, 5.41) is 0. The highest BCUT2D eigenvalue weighted by molar-refractivity contribution is 9.10. The molecule has 7 heteroatoms. The lowest BCUT2D eigenvalue weighted by Gasteiger charge is -2.13. The van der Waals surface area contributed by atoms with E-state index in [1.807, 2.05) is 18.2 Å². The Kier molecular flexibility index (Phi) is 8.92. The van der Waals surface area contributed by atoms with Crippen molar-refractivity contribution >= 4 is 27.9 Å². The molecule has 0 aliphatic carbocycles. The largest absolute Gasteiger partial charge is 0.490 e. The van der Waals surface area contributed by atoms with Gasteiger partial charge in [0.05, 0.1) is 28.3 Å². The van der Waals surface area contributed by atoms with Gasteiger partial charge in [-0.25, -0.2) is 9.59 Å². The minimum absolute atomic E-state index is 0.112. The van der Waals surface area contributed by atoms with Crippen molar-refractivity contribution in [1.29, 1.82) is 0 Å². The zero-order valence-electron chi connectivity index (χ0n) is 19.3. The number of hydrogen-bond acceptors (Lipinski definition) is 6. The molecule has 35 heavy (non-hydrogen) atoms. The number of aryl methyl sites for hydroxylation is 1. The summed E-state index contributed by atoms with van der Waals surface area (Å²) in [7, 11) is 0. The van der Waals surface area contributed by atoms with Gasteiger partial charge in [0, 0.05) is 6.61 Å². The average Bonchev–Trinajstić information content (AvgIpc) is 3.40. The highest BCUT2D eigenvalue weighted by Gasteiger charge is 2.18. The quantitative estimate of drug-likeness (QED) is 0.178. The first-order valence-corrected chi connectivity index (χ1v) is 12.4. The van der Waals surface area contributed by atoms with Crippen LogP contribution in [0.5, 0.6) is 11.5 Å². The Labute approximate surface area is 213 Å². The van der Waals surface area contributed by atoms with Gasteiger partial charge in [0.2, 0.25) is 0 Å². The predicted molar refractivity (Wildman–Crippen MR) is 135 cm³/mol. The molecule has 0 N–H and O–H groups in total. The molecule has 0 amide bonds. The van der Waals surface area contributed by atoms with E-state index in [0.29, 0.717) is 40.3 Å². The van der Waals surface area contributed by atoms with Crippen LogP contribution in [0.2, 0.25) is 0 Å². The molecule has 1 unspecified atom stereocenters. The van der Waals surface area contributed by atoms with Crippen LogP contribution in [0.4, 0.5) is 0 Å². The number of hydrogen-bond donors (Lipinski definition) is 0. The molecule has 4 rings (SSSR count). The van der Waals surface area contributed by atoms with Crippen LogP contribution in [0.25, 0.3) is 0 Å². The van der Waals surface area contributed by atoms with E-state index in [9.17, 15) is 9.59 Å². The molecule has 1 fully saturated rings. The number of esters is 2. The smallest absolute Gasteiger partial charge is 0.343 e. The Morgan fingerprint density at radius 1 is 0.943 bits per heavy atom. The van der Waals surface area contributed by atoms with Gasteiger partial charge in [0.1, 0.15) is 18.1 Å². The third-order valence-corrected chi connectivity index (χ3v) is 6.22. The van der Waals surface area contributed by atoms with E-state index in [2.05, 4.69) is 28.1 Å². The molecule has 1 aliphatic heterocycles. The fourth-order valence-corrected chi connectivity index (χ4v) is 4.19. The summed E-state index contributed by atoms with van der Waals surface area (Å²) in [5.41, 5.74) is 1.99. The van der Waals surface area contributed by atoms with Crippen molar-refractivity contribution in [3.8, 4) is 11.5 Å². The number of carbonyl (C=O) groups is 2. The third kappa shape index (κ3) is 7.41. The van der Waals surface area contributed by atoms with Crippen LogP contribution in [-0.4, -0.2) is 37.9 Å². The van der Waals surface area contributed by atoms with Crippen molar-refractivity contribution in [1.82, 2.24) is 0 Å².